The van der Waals surface area contributed by atoms with Gasteiger partial charge in [0.15, 0.2) is 0 Å². The molecule has 178 valence electrons. The van der Waals surface area contributed by atoms with Crippen LogP contribution in [-0.2, 0) is 16.6 Å². The largest absolute Gasteiger partial charge is 0.350 e. The van der Waals surface area contributed by atoms with Crippen LogP contribution in [0.2, 0.25) is 0 Å². The molecule has 1 heterocycles. The van der Waals surface area contributed by atoms with Crippen LogP contribution in [0.25, 0.3) is 0 Å². The molecule has 0 aromatic heterocycles. The van der Waals surface area contributed by atoms with Gasteiger partial charge in [0.25, 0.3) is 11.8 Å². The Kier molecular flexibility index (Phi) is 8.23. The summed E-state index contributed by atoms with van der Waals surface area (Å²) >= 11 is 0. The number of carbonyl (C=O) groups is 2. The summed E-state index contributed by atoms with van der Waals surface area (Å²) < 4.78 is 24.9. The molecule has 1 saturated heterocycles. The third kappa shape index (κ3) is 6.86. The van der Waals surface area contributed by atoms with Crippen LogP contribution in [0.4, 0.5) is 5.69 Å². The summed E-state index contributed by atoms with van der Waals surface area (Å²) in [5.41, 5.74) is 2.36. The first kappa shape index (κ1) is 24.9. The number of para-hydroxylation sites is 1. The van der Waals surface area contributed by atoms with E-state index in [9.17, 15) is 18.0 Å². The molecule has 1 aliphatic rings. The monoisotopic (exact) mass is 472 g/mol. The van der Waals surface area contributed by atoms with Crippen LogP contribution in [0.1, 0.15) is 46.5 Å². The van der Waals surface area contributed by atoms with Crippen LogP contribution >= 0.6 is 0 Å². The molecule has 1 fully saturated rings. The topological polar surface area (TPSA) is 98.8 Å². The number of sulfonamides is 1. The molecule has 2 aromatic carbocycles. The maximum Gasteiger partial charge on any atom is 0.255 e. The Morgan fingerprint density at radius 3 is 2.36 bits per heavy atom. The minimum absolute atomic E-state index is 0.0391. The van der Waals surface area contributed by atoms with Gasteiger partial charge >= 0.3 is 0 Å². The number of rotatable bonds is 8. The molecule has 3 rings (SSSR count). The lowest BCUT2D eigenvalue weighted by atomic mass is 10.1. The third-order valence-corrected chi connectivity index (χ3v) is 7.11. The van der Waals surface area contributed by atoms with Crippen LogP contribution in [0.15, 0.2) is 48.5 Å². The average molecular weight is 473 g/mol. The van der Waals surface area contributed by atoms with E-state index in [1.807, 2.05) is 32.0 Å². The van der Waals surface area contributed by atoms with E-state index >= 15 is 0 Å². The van der Waals surface area contributed by atoms with Gasteiger partial charge in [0.05, 0.1) is 17.5 Å². The van der Waals surface area contributed by atoms with E-state index in [1.54, 1.807) is 30.3 Å². The summed E-state index contributed by atoms with van der Waals surface area (Å²) in [7, 11) is -3.16. The molecule has 0 aliphatic carbocycles. The van der Waals surface area contributed by atoms with Crippen molar-refractivity contribution < 1.29 is 18.0 Å². The van der Waals surface area contributed by atoms with E-state index in [4.69, 9.17) is 0 Å². The van der Waals surface area contributed by atoms with Gasteiger partial charge in [0.2, 0.25) is 10.0 Å². The number of anilines is 1. The number of hydrogen-bond acceptors (Lipinski definition) is 5. The van der Waals surface area contributed by atoms with Crippen molar-refractivity contribution in [2.45, 2.75) is 32.9 Å². The molecule has 2 aromatic rings. The Morgan fingerprint density at radius 2 is 1.70 bits per heavy atom. The van der Waals surface area contributed by atoms with Crippen LogP contribution in [0.5, 0.6) is 0 Å². The predicted molar refractivity (Wildman–Crippen MR) is 130 cm³/mol. The van der Waals surface area contributed by atoms with Gasteiger partial charge in [-0.3, -0.25) is 14.5 Å². The highest BCUT2D eigenvalue weighted by molar-refractivity contribution is 7.88. The first-order valence-corrected chi connectivity index (χ1v) is 13.0. The molecular weight excluding hydrogens is 440 g/mol. The lowest BCUT2D eigenvalue weighted by Crippen LogP contribution is -2.47. The molecule has 1 unspecified atom stereocenters. The minimum Gasteiger partial charge on any atom is -0.350 e. The van der Waals surface area contributed by atoms with Crippen LogP contribution in [-0.4, -0.2) is 67.9 Å². The number of piperazine rings is 1. The lowest BCUT2D eigenvalue weighted by Gasteiger charge is -2.33. The maximum atomic E-state index is 12.9. The van der Waals surface area contributed by atoms with Gasteiger partial charge < -0.3 is 10.6 Å². The van der Waals surface area contributed by atoms with E-state index in [-0.39, 0.29) is 17.9 Å². The molecule has 1 atom stereocenters. The molecule has 33 heavy (non-hydrogen) atoms. The highest BCUT2D eigenvalue weighted by atomic mass is 32.2. The van der Waals surface area contributed by atoms with Crippen molar-refractivity contribution in [2.24, 2.45) is 0 Å². The van der Waals surface area contributed by atoms with Crippen molar-refractivity contribution >= 4 is 27.5 Å². The zero-order chi connectivity index (χ0) is 24.0. The Hall–Kier alpha value is -2.75. The summed E-state index contributed by atoms with van der Waals surface area (Å²) in [5.74, 6) is -0.509. The fourth-order valence-electron chi connectivity index (χ4n) is 3.68. The molecular formula is C24H32N4O4S. The van der Waals surface area contributed by atoms with Gasteiger partial charge in [-0.1, -0.05) is 31.2 Å². The highest BCUT2D eigenvalue weighted by Gasteiger charge is 2.23. The Labute approximate surface area is 196 Å². The predicted octanol–water partition coefficient (Wildman–Crippen LogP) is 2.54. The minimum atomic E-state index is -3.16. The van der Waals surface area contributed by atoms with Crippen molar-refractivity contribution in [1.29, 1.82) is 0 Å². The smallest absolute Gasteiger partial charge is 0.255 e. The van der Waals surface area contributed by atoms with Crippen molar-refractivity contribution in [2.75, 3.05) is 37.8 Å². The zero-order valence-electron chi connectivity index (χ0n) is 19.4. The van der Waals surface area contributed by atoms with E-state index in [2.05, 4.69) is 15.5 Å². The van der Waals surface area contributed by atoms with E-state index < -0.39 is 10.0 Å². The van der Waals surface area contributed by atoms with Crippen LogP contribution in [0, 0.1) is 0 Å². The number of nitrogens with one attached hydrogen (secondary N) is 2. The van der Waals surface area contributed by atoms with Gasteiger partial charge in [-0.15, -0.1) is 0 Å². The molecule has 8 nitrogen and oxygen atoms in total. The molecule has 0 spiro atoms. The van der Waals surface area contributed by atoms with Gasteiger partial charge in [0.1, 0.15) is 0 Å². The third-order valence-electron chi connectivity index (χ3n) is 5.81. The zero-order valence-corrected chi connectivity index (χ0v) is 20.2. The second-order valence-electron chi connectivity index (χ2n) is 8.42. The van der Waals surface area contributed by atoms with Crippen molar-refractivity contribution in [3.8, 4) is 0 Å². The fourth-order valence-corrected chi connectivity index (χ4v) is 4.50. The van der Waals surface area contributed by atoms with Gasteiger partial charge in [0, 0.05) is 44.3 Å². The summed E-state index contributed by atoms with van der Waals surface area (Å²) in [4.78, 5) is 27.7. The normalized spacial score (nSPS) is 16.2. The van der Waals surface area contributed by atoms with Crippen molar-refractivity contribution in [3.05, 3.63) is 65.2 Å². The summed E-state index contributed by atoms with van der Waals surface area (Å²) in [6.07, 6.45) is 2.05. The first-order chi connectivity index (χ1) is 15.7. The van der Waals surface area contributed by atoms with Gasteiger partial charge in [-0.2, -0.15) is 4.31 Å². The van der Waals surface area contributed by atoms with Crippen molar-refractivity contribution in [1.82, 2.24) is 14.5 Å². The maximum absolute atomic E-state index is 12.9. The number of benzene rings is 2. The van der Waals surface area contributed by atoms with Crippen LogP contribution in [0.3, 0.4) is 0 Å². The Morgan fingerprint density at radius 1 is 1.00 bits per heavy atom. The molecule has 2 N–H and O–H groups in total. The SMILES string of the molecule is CCC(C)NC(=O)c1ccccc1NC(=O)c1cccc(CN2CCN(S(C)(=O)=O)CC2)c1. The fraction of sp³-hybridized carbons (Fsp3) is 0.417. The number of amides is 2. The molecule has 2 amide bonds. The summed E-state index contributed by atoms with van der Waals surface area (Å²) in [6.45, 7) is 6.78. The molecule has 0 saturated carbocycles. The lowest BCUT2D eigenvalue weighted by molar-refractivity contribution is 0.0940. The first-order valence-electron chi connectivity index (χ1n) is 11.1. The number of hydrogen-bond donors (Lipinski definition) is 2. The molecule has 0 bridgehead atoms. The Balaban J connectivity index is 1.66. The van der Waals surface area contributed by atoms with E-state index in [1.165, 1.54) is 10.6 Å². The Bertz CT molecular complexity index is 1100. The average Bonchev–Trinajstić information content (AvgIpc) is 2.79. The van der Waals surface area contributed by atoms with Gasteiger partial charge in [-0.05, 0) is 43.2 Å². The standard InChI is InChI=1S/C24H32N4O4S/c1-4-18(2)25-24(30)21-10-5-6-11-22(21)26-23(29)20-9-7-8-19(16-20)17-27-12-14-28(15-13-27)33(3,31)32/h5-11,16,18H,4,12-15,17H2,1-3H3,(H,25,30)(H,26,29). The summed E-state index contributed by atoms with van der Waals surface area (Å²) in [6, 6.07) is 14.4. The molecule has 1 aliphatic heterocycles. The van der Waals surface area contributed by atoms with E-state index in [0.29, 0.717) is 49.5 Å². The second-order valence-corrected chi connectivity index (χ2v) is 10.4. The van der Waals surface area contributed by atoms with E-state index in [0.717, 1.165) is 12.0 Å². The quantitative estimate of drug-likeness (QED) is 0.615. The highest BCUT2D eigenvalue weighted by Crippen LogP contribution is 2.18. The number of carbonyl (C=O) groups excluding carboxylic acids is 2. The van der Waals surface area contributed by atoms with Crippen molar-refractivity contribution in [3.63, 3.8) is 0 Å². The summed E-state index contributed by atoms with van der Waals surface area (Å²) in [5, 5.41) is 5.79. The molecule has 9 heteroatoms. The second kappa shape index (κ2) is 10.9. The number of nitrogens with zero attached hydrogens (tertiary/aromatic N) is 2. The van der Waals surface area contributed by atoms with Gasteiger partial charge in [-0.25, -0.2) is 8.42 Å². The van der Waals surface area contributed by atoms with Crippen LogP contribution < -0.4 is 10.6 Å². The molecule has 0 radical (unpaired) electrons.